The molecule has 4 rings (SSSR count). The van der Waals surface area contributed by atoms with Gasteiger partial charge >= 0.3 is 5.97 Å². The molecule has 0 amide bonds. The Hall–Kier alpha value is -3.11. The fourth-order valence-electron chi connectivity index (χ4n) is 3.75. The number of hydrogen-bond donors (Lipinski definition) is 0. The molecule has 0 radical (unpaired) electrons. The molecular weight excluding hydrogens is 472 g/mol. The van der Waals surface area contributed by atoms with Crippen LogP contribution in [0.4, 0.5) is 0 Å². The summed E-state index contributed by atoms with van der Waals surface area (Å²) < 4.78 is 35.3. The Morgan fingerprint density at radius 2 is 1.74 bits per heavy atom. The lowest BCUT2D eigenvalue weighted by atomic mass is 10.1. The second kappa shape index (κ2) is 10.0. The number of thioether (sulfide) groups is 1. The van der Waals surface area contributed by atoms with E-state index in [0.29, 0.717) is 41.6 Å². The Balaban J connectivity index is 1.82. The first-order valence-corrected chi connectivity index (χ1v) is 13.4. The van der Waals surface area contributed by atoms with Crippen molar-refractivity contribution in [3.63, 3.8) is 0 Å². The normalized spacial score (nSPS) is 12.7. The molecule has 0 saturated heterocycles. The number of fused-ring (bicyclic) bond motifs is 1. The Bertz CT molecular complexity index is 1410. The smallest absolute Gasteiger partial charge is 0.319 e. The summed E-state index contributed by atoms with van der Waals surface area (Å²) in [7, 11) is -3.81. The van der Waals surface area contributed by atoms with Gasteiger partial charge in [-0.05, 0) is 38.5 Å². The highest BCUT2D eigenvalue weighted by atomic mass is 32.2. The van der Waals surface area contributed by atoms with Gasteiger partial charge in [0.05, 0.1) is 17.0 Å². The lowest BCUT2D eigenvalue weighted by molar-refractivity contribution is -0.142. The number of carbonyl (C=O) groups excluding carboxylic acids is 1. The summed E-state index contributed by atoms with van der Waals surface area (Å²) in [4.78, 5) is 12.5. The van der Waals surface area contributed by atoms with Crippen molar-refractivity contribution in [1.82, 2.24) is 18.7 Å². The van der Waals surface area contributed by atoms with Gasteiger partial charge in [0.2, 0.25) is 0 Å². The van der Waals surface area contributed by atoms with Crippen LogP contribution in [0.2, 0.25) is 0 Å². The van der Waals surface area contributed by atoms with Gasteiger partial charge < -0.3 is 9.30 Å². The molecule has 0 aliphatic rings. The van der Waals surface area contributed by atoms with Crippen molar-refractivity contribution in [3.05, 3.63) is 60.8 Å². The van der Waals surface area contributed by atoms with E-state index in [4.69, 9.17) is 4.74 Å². The van der Waals surface area contributed by atoms with Gasteiger partial charge in [0.1, 0.15) is 5.25 Å². The minimum Gasteiger partial charge on any atom is -0.465 e. The number of esters is 1. The van der Waals surface area contributed by atoms with Crippen LogP contribution in [0.3, 0.4) is 0 Å². The van der Waals surface area contributed by atoms with Crippen molar-refractivity contribution in [2.45, 2.75) is 49.0 Å². The van der Waals surface area contributed by atoms with Crippen LogP contribution in [-0.4, -0.2) is 45.0 Å². The molecule has 34 heavy (non-hydrogen) atoms. The van der Waals surface area contributed by atoms with E-state index >= 15 is 0 Å². The molecule has 1 atom stereocenters. The fourth-order valence-corrected chi connectivity index (χ4v) is 6.16. The number of aromatic nitrogens is 4. The van der Waals surface area contributed by atoms with Crippen molar-refractivity contribution < 1.29 is 17.9 Å². The Kier molecular flexibility index (Phi) is 7.08. The average Bonchev–Trinajstić information content (AvgIpc) is 3.44. The fraction of sp³-hybridized carbons (Fsp3) is 0.292. The lowest BCUT2D eigenvalue weighted by Gasteiger charge is -2.13. The zero-order valence-electron chi connectivity index (χ0n) is 19.2. The number of nitrogens with zero attached hydrogens (tertiary/aromatic N) is 4. The highest BCUT2D eigenvalue weighted by Crippen LogP contribution is 2.35. The van der Waals surface area contributed by atoms with E-state index in [9.17, 15) is 13.2 Å². The van der Waals surface area contributed by atoms with Gasteiger partial charge in [-0.15, -0.1) is 10.2 Å². The Morgan fingerprint density at radius 3 is 2.41 bits per heavy atom. The van der Waals surface area contributed by atoms with Crippen molar-refractivity contribution >= 4 is 38.7 Å². The predicted molar refractivity (Wildman–Crippen MR) is 132 cm³/mol. The van der Waals surface area contributed by atoms with Crippen LogP contribution in [0.15, 0.2) is 70.8 Å². The molecule has 4 aromatic rings. The molecular formula is C24H26N4O4S2. The molecule has 0 unspecified atom stereocenters. The van der Waals surface area contributed by atoms with Gasteiger partial charge in [-0.25, -0.2) is 12.4 Å². The van der Waals surface area contributed by atoms with Gasteiger partial charge in [0.15, 0.2) is 11.0 Å². The van der Waals surface area contributed by atoms with Gasteiger partial charge in [0.25, 0.3) is 10.0 Å². The molecule has 0 aliphatic heterocycles. The third-order valence-electron chi connectivity index (χ3n) is 5.42. The monoisotopic (exact) mass is 498 g/mol. The van der Waals surface area contributed by atoms with Crippen molar-refractivity contribution in [2.75, 3.05) is 6.61 Å². The van der Waals surface area contributed by atoms with Crippen LogP contribution in [0, 0.1) is 0 Å². The molecule has 0 spiro atoms. The largest absolute Gasteiger partial charge is 0.465 e. The van der Waals surface area contributed by atoms with E-state index in [1.165, 1.54) is 15.7 Å². The SMILES string of the molecule is CCOC(=O)[C@H](CC)Sc1nnc(-c2cn(S(=O)(=O)c3ccccc3)c3ccccc23)n1CC. The molecule has 0 bridgehead atoms. The standard InChI is InChI=1S/C24H26N4O4S2/c1-4-21(23(29)32-6-3)33-24-26-25-22(27(24)5-2)19-16-28(20-15-11-10-14-18(19)20)34(30,31)17-12-8-7-9-13-17/h7-16,21H,4-6H2,1-3H3/t21-/m0/s1. The molecule has 0 saturated carbocycles. The Morgan fingerprint density at radius 1 is 1.03 bits per heavy atom. The third kappa shape index (κ3) is 4.35. The molecule has 2 aromatic carbocycles. The zero-order chi connectivity index (χ0) is 24.3. The van der Waals surface area contributed by atoms with Gasteiger partial charge in [0, 0.05) is 23.7 Å². The molecule has 8 nitrogen and oxygen atoms in total. The first-order chi connectivity index (χ1) is 16.4. The van der Waals surface area contributed by atoms with E-state index in [-0.39, 0.29) is 10.9 Å². The number of para-hydroxylation sites is 1. The lowest BCUT2D eigenvalue weighted by Crippen LogP contribution is -2.20. The summed E-state index contributed by atoms with van der Waals surface area (Å²) in [6, 6.07) is 15.6. The van der Waals surface area contributed by atoms with Crippen LogP contribution in [0.5, 0.6) is 0 Å². The molecule has 178 valence electrons. The van der Waals surface area contributed by atoms with E-state index < -0.39 is 15.3 Å². The topological polar surface area (TPSA) is 96.1 Å². The van der Waals surface area contributed by atoms with Gasteiger partial charge in [-0.2, -0.15) is 0 Å². The third-order valence-corrected chi connectivity index (χ3v) is 8.43. The minimum atomic E-state index is -3.81. The number of ether oxygens (including phenoxy) is 1. The van der Waals surface area contributed by atoms with Crippen molar-refractivity contribution in [2.24, 2.45) is 0 Å². The van der Waals surface area contributed by atoms with E-state index in [1.54, 1.807) is 55.6 Å². The average molecular weight is 499 g/mol. The minimum absolute atomic E-state index is 0.204. The molecule has 2 heterocycles. The van der Waals surface area contributed by atoms with Crippen LogP contribution in [0.25, 0.3) is 22.3 Å². The number of rotatable bonds is 9. The highest BCUT2D eigenvalue weighted by molar-refractivity contribution is 8.00. The van der Waals surface area contributed by atoms with Crippen LogP contribution < -0.4 is 0 Å². The van der Waals surface area contributed by atoms with Crippen molar-refractivity contribution in [3.8, 4) is 11.4 Å². The summed E-state index contributed by atoms with van der Waals surface area (Å²) >= 11 is 1.31. The van der Waals surface area contributed by atoms with Crippen LogP contribution in [-0.2, 0) is 26.1 Å². The van der Waals surface area contributed by atoms with E-state index in [0.717, 1.165) is 5.39 Å². The van der Waals surface area contributed by atoms with Crippen molar-refractivity contribution in [1.29, 1.82) is 0 Å². The number of hydrogen-bond acceptors (Lipinski definition) is 7. The van der Waals surface area contributed by atoms with Crippen LogP contribution >= 0.6 is 11.8 Å². The second-order valence-corrected chi connectivity index (χ2v) is 10.5. The van der Waals surface area contributed by atoms with E-state index in [2.05, 4.69) is 10.2 Å². The maximum Gasteiger partial charge on any atom is 0.319 e. The zero-order valence-corrected chi connectivity index (χ0v) is 20.8. The molecule has 2 aromatic heterocycles. The molecule has 0 aliphatic carbocycles. The summed E-state index contributed by atoms with van der Waals surface area (Å²) in [5.74, 6) is 0.259. The summed E-state index contributed by atoms with van der Waals surface area (Å²) in [5.41, 5.74) is 1.21. The quantitative estimate of drug-likeness (QED) is 0.246. The summed E-state index contributed by atoms with van der Waals surface area (Å²) in [6.45, 7) is 6.53. The number of benzene rings is 2. The molecule has 10 heteroatoms. The van der Waals surface area contributed by atoms with E-state index in [1.807, 2.05) is 30.5 Å². The summed E-state index contributed by atoms with van der Waals surface area (Å²) in [6.07, 6.45) is 2.18. The predicted octanol–water partition coefficient (Wildman–Crippen LogP) is 4.59. The highest BCUT2D eigenvalue weighted by Gasteiger charge is 2.26. The summed E-state index contributed by atoms with van der Waals surface area (Å²) in [5, 5.41) is 9.67. The molecule has 0 N–H and O–H groups in total. The maximum atomic E-state index is 13.4. The van der Waals surface area contributed by atoms with Gasteiger partial charge in [-0.1, -0.05) is 55.1 Å². The molecule has 0 fully saturated rings. The van der Waals surface area contributed by atoms with Gasteiger partial charge in [-0.3, -0.25) is 4.79 Å². The first-order valence-electron chi connectivity index (χ1n) is 11.1. The maximum absolute atomic E-state index is 13.4. The Labute approximate surface area is 203 Å². The number of carbonyl (C=O) groups is 1. The first kappa shape index (κ1) is 24.0. The van der Waals surface area contributed by atoms with Crippen LogP contribution in [0.1, 0.15) is 27.2 Å². The second-order valence-electron chi connectivity index (χ2n) is 7.49.